The first-order valence-electron chi connectivity index (χ1n) is 11.5. The van der Waals surface area contributed by atoms with Gasteiger partial charge in [-0.2, -0.15) is 0 Å². The van der Waals surface area contributed by atoms with Gasteiger partial charge in [-0.05, 0) is 43.0 Å². The maximum atomic E-state index is 12.7. The molecule has 4 rings (SSSR count). The van der Waals surface area contributed by atoms with E-state index in [-0.39, 0.29) is 23.4 Å². The summed E-state index contributed by atoms with van der Waals surface area (Å²) in [5, 5.41) is 11.9. The van der Waals surface area contributed by atoms with E-state index < -0.39 is 0 Å². The summed E-state index contributed by atoms with van der Waals surface area (Å²) < 4.78 is 3.46. The van der Waals surface area contributed by atoms with Gasteiger partial charge in [-0.25, -0.2) is 9.67 Å². The van der Waals surface area contributed by atoms with Crippen molar-refractivity contribution in [3.63, 3.8) is 0 Å². The molecule has 0 spiro atoms. The second kappa shape index (κ2) is 9.94. The number of nitrogens with zero attached hydrogens (tertiary/aromatic N) is 5. The van der Waals surface area contributed by atoms with Crippen LogP contribution in [0.3, 0.4) is 0 Å². The number of imidazole rings is 1. The zero-order chi connectivity index (χ0) is 23.4. The molecule has 1 amide bonds. The summed E-state index contributed by atoms with van der Waals surface area (Å²) in [6, 6.07) is 15.1. The summed E-state index contributed by atoms with van der Waals surface area (Å²) in [6.45, 7) is 4.67. The van der Waals surface area contributed by atoms with Crippen LogP contribution >= 0.6 is 0 Å². The Morgan fingerprint density at radius 1 is 1.00 bits per heavy atom. The van der Waals surface area contributed by atoms with Crippen molar-refractivity contribution < 1.29 is 4.79 Å². The fourth-order valence-corrected chi connectivity index (χ4v) is 4.11. The molecule has 0 fully saturated rings. The van der Waals surface area contributed by atoms with Crippen molar-refractivity contribution in [1.29, 1.82) is 0 Å². The lowest BCUT2D eigenvalue weighted by Crippen LogP contribution is -2.33. The zero-order valence-electron chi connectivity index (χ0n) is 19.4. The molecule has 2 heterocycles. The molecule has 0 unspecified atom stereocenters. The van der Waals surface area contributed by atoms with Crippen molar-refractivity contribution in [3.05, 3.63) is 64.7 Å². The molecular formula is C25H30N6O2. The molecule has 1 N–H and O–H groups in total. The Labute approximate surface area is 192 Å². The summed E-state index contributed by atoms with van der Waals surface area (Å²) in [7, 11) is 1.99. The molecule has 0 radical (unpaired) electrons. The van der Waals surface area contributed by atoms with Gasteiger partial charge >= 0.3 is 0 Å². The van der Waals surface area contributed by atoms with Gasteiger partial charge in [0.2, 0.25) is 5.91 Å². The molecule has 0 aliphatic carbocycles. The van der Waals surface area contributed by atoms with Gasteiger partial charge in [0.25, 0.3) is 5.56 Å². The van der Waals surface area contributed by atoms with Crippen LogP contribution in [0.4, 0.5) is 0 Å². The number of carbonyl (C=O) groups is 1. The Kier molecular flexibility index (Phi) is 6.82. The first-order valence-corrected chi connectivity index (χ1v) is 11.5. The Hall–Kier alpha value is -3.55. The van der Waals surface area contributed by atoms with Gasteiger partial charge in [-0.1, -0.05) is 49.7 Å². The van der Waals surface area contributed by atoms with Gasteiger partial charge in [0.15, 0.2) is 0 Å². The van der Waals surface area contributed by atoms with Crippen molar-refractivity contribution in [2.24, 2.45) is 13.0 Å². The monoisotopic (exact) mass is 446 g/mol. The van der Waals surface area contributed by atoms with Gasteiger partial charge in [0.1, 0.15) is 11.3 Å². The highest BCUT2D eigenvalue weighted by atomic mass is 16.1. The lowest BCUT2D eigenvalue weighted by Gasteiger charge is -2.22. The van der Waals surface area contributed by atoms with E-state index in [4.69, 9.17) is 4.98 Å². The minimum absolute atomic E-state index is 0.0171. The third-order valence-electron chi connectivity index (χ3n) is 5.99. The van der Waals surface area contributed by atoms with E-state index in [0.29, 0.717) is 23.9 Å². The van der Waals surface area contributed by atoms with Crippen LogP contribution in [-0.2, 0) is 18.4 Å². The SMILES string of the molecule is CC(C)[C@H](NC(=O)CCCCCn1nnc2ccccc2c1=O)c1nc2ccccc2n1C. The molecule has 0 aliphatic heterocycles. The maximum Gasteiger partial charge on any atom is 0.277 e. The number of para-hydroxylation sites is 2. The van der Waals surface area contributed by atoms with Crippen LogP contribution < -0.4 is 10.9 Å². The number of aromatic nitrogens is 5. The predicted octanol–water partition coefficient (Wildman–Crippen LogP) is 3.75. The number of rotatable bonds is 9. The lowest BCUT2D eigenvalue weighted by atomic mass is 10.0. The van der Waals surface area contributed by atoms with Crippen molar-refractivity contribution >= 4 is 27.8 Å². The van der Waals surface area contributed by atoms with E-state index in [9.17, 15) is 9.59 Å². The lowest BCUT2D eigenvalue weighted by molar-refractivity contribution is -0.122. The number of carbonyl (C=O) groups excluding carboxylic acids is 1. The normalized spacial score (nSPS) is 12.5. The number of amides is 1. The van der Waals surface area contributed by atoms with Crippen molar-refractivity contribution in [3.8, 4) is 0 Å². The zero-order valence-corrected chi connectivity index (χ0v) is 19.4. The van der Waals surface area contributed by atoms with E-state index >= 15 is 0 Å². The number of benzene rings is 2. The van der Waals surface area contributed by atoms with Gasteiger partial charge in [-0.15, -0.1) is 5.10 Å². The molecule has 0 aliphatic rings. The minimum atomic E-state index is -0.152. The van der Waals surface area contributed by atoms with Crippen LogP contribution in [0.5, 0.6) is 0 Å². The summed E-state index contributed by atoms with van der Waals surface area (Å²) >= 11 is 0. The molecule has 0 saturated heterocycles. The predicted molar refractivity (Wildman–Crippen MR) is 129 cm³/mol. The molecule has 2 aromatic heterocycles. The average molecular weight is 447 g/mol. The molecule has 172 valence electrons. The smallest absolute Gasteiger partial charge is 0.277 e. The van der Waals surface area contributed by atoms with Gasteiger partial charge in [0.05, 0.1) is 22.5 Å². The number of aryl methyl sites for hydroxylation is 2. The van der Waals surface area contributed by atoms with Gasteiger partial charge in [-0.3, -0.25) is 9.59 Å². The van der Waals surface area contributed by atoms with Crippen LogP contribution in [0.15, 0.2) is 53.3 Å². The van der Waals surface area contributed by atoms with Crippen LogP contribution in [0.1, 0.15) is 51.4 Å². The number of nitrogens with one attached hydrogen (secondary N) is 1. The molecular weight excluding hydrogens is 416 g/mol. The van der Waals surface area contributed by atoms with Gasteiger partial charge in [0, 0.05) is 20.0 Å². The Bertz CT molecular complexity index is 1320. The van der Waals surface area contributed by atoms with Crippen LogP contribution in [0, 0.1) is 5.92 Å². The molecule has 4 aromatic rings. The molecule has 2 aromatic carbocycles. The van der Waals surface area contributed by atoms with Crippen molar-refractivity contribution in [1.82, 2.24) is 29.9 Å². The number of hydrogen-bond acceptors (Lipinski definition) is 5. The molecule has 1 atom stereocenters. The van der Waals surface area contributed by atoms with E-state index in [0.717, 1.165) is 36.1 Å². The second-order valence-corrected chi connectivity index (χ2v) is 8.75. The number of unbranched alkanes of at least 4 members (excludes halogenated alkanes) is 2. The number of hydrogen-bond donors (Lipinski definition) is 1. The Morgan fingerprint density at radius 3 is 2.48 bits per heavy atom. The molecule has 0 saturated carbocycles. The molecule has 0 bridgehead atoms. The molecule has 8 heteroatoms. The Balaban J connectivity index is 1.30. The fraction of sp³-hybridized carbons (Fsp3) is 0.400. The van der Waals surface area contributed by atoms with E-state index in [1.54, 1.807) is 12.1 Å². The van der Waals surface area contributed by atoms with Crippen molar-refractivity contribution in [2.75, 3.05) is 0 Å². The summed E-state index contributed by atoms with van der Waals surface area (Å²) in [5.74, 6) is 1.10. The third-order valence-corrected chi connectivity index (χ3v) is 5.99. The summed E-state index contributed by atoms with van der Waals surface area (Å²) in [5.41, 5.74) is 2.47. The number of fused-ring (bicyclic) bond motifs is 2. The topological polar surface area (TPSA) is 94.7 Å². The first kappa shape index (κ1) is 22.6. The van der Waals surface area contributed by atoms with Crippen LogP contribution in [-0.4, -0.2) is 30.5 Å². The highest BCUT2D eigenvalue weighted by Gasteiger charge is 2.23. The minimum Gasteiger partial charge on any atom is -0.346 e. The highest BCUT2D eigenvalue weighted by Crippen LogP contribution is 2.25. The Morgan fingerprint density at radius 2 is 1.73 bits per heavy atom. The average Bonchev–Trinajstić information content (AvgIpc) is 3.15. The summed E-state index contributed by atoms with van der Waals surface area (Å²) in [4.78, 5) is 29.9. The fourth-order valence-electron chi connectivity index (χ4n) is 4.11. The second-order valence-electron chi connectivity index (χ2n) is 8.75. The standard InChI is InChI=1S/C25H30N6O2/c1-17(2)23(24-26-20-13-8-9-14-21(20)30(24)3)27-22(32)15-5-4-10-16-31-25(33)18-11-6-7-12-19(18)28-29-31/h6-9,11-14,17,23H,4-5,10,15-16H2,1-3H3,(H,27,32)/t23-/m0/s1. The van der Waals surface area contributed by atoms with E-state index in [2.05, 4.69) is 34.0 Å². The van der Waals surface area contributed by atoms with Crippen LogP contribution in [0.25, 0.3) is 21.9 Å². The molecule has 8 nitrogen and oxygen atoms in total. The van der Waals surface area contributed by atoms with Crippen LogP contribution in [0.2, 0.25) is 0 Å². The van der Waals surface area contributed by atoms with Gasteiger partial charge < -0.3 is 9.88 Å². The molecule has 33 heavy (non-hydrogen) atoms. The quantitative estimate of drug-likeness (QED) is 0.395. The maximum absolute atomic E-state index is 12.7. The first-order chi connectivity index (χ1) is 16.0. The third kappa shape index (κ3) is 4.94. The highest BCUT2D eigenvalue weighted by molar-refractivity contribution is 5.78. The van der Waals surface area contributed by atoms with Crippen molar-refractivity contribution in [2.45, 2.75) is 52.1 Å². The van der Waals surface area contributed by atoms with E-state index in [1.165, 1.54) is 4.68 Å². The summed E-state index contributed by atoms with van der Waals surface area (Å²) in [6.07, 6.45) is 2.77. The van der Waals surface area contributed by atoms with E-state index in [1.807, 2.05) is 43.4 Å². The largest absolute Gasteiger partial charge is 0.346 e.